The van der Waals surface area contributed by atoms with Crippen LogP contribution < -0.4 is 24.8 Å². The lowest BCUT2D eigenvalue weighted by Gasteiger charge is -2.21. The minimum Gasteiger partial charge on any atom is -0.494 e. The summed E-state index contributed by atoms with van der Waals surface area (Å²) in [4.78, 5) is 24.3. The van der Waals surface area contributed by atoms with Gasteiger partial charge in [0, 0.05) is 25.1 Å². The molecule has 2 aromatic carbocycles. The van der Waals surface area contributed by atoms with Gasteiger partial charge in [0.25, 0.3) is 0 Å². The molecule has 7 heteroatoms. The van der Waals surface area contributed by atoms with Crippen molar-refractivity contribution in [3.63, 3.8) is 0 Å². The number of rotatable bonds is 11. The third-order valence-electron chi connectivity index (χ3n) is 6.39. The standard InChI is InChI=1S/C27H34N2O5/c30-26(28-18-21-9-14-24-25(17-21)34-19-33-24)7-4-8-27(31)29-22-10-12-23(13-11-22)32-16-15-20-5-2-1-3-6-20/h9-14,17,20H,1-8,15-16,18-19H2,(H,28,30)(H,29,31). The van der Waals surface area contributed by atoms with Crippen molar-refractivity contribution in [1.29, 1.82) is 0 Å². The SMILES string of the molecule is O=C(CCCC(=O)Nc1ccc(OCCC2CCCCC2)cc1)NCc1ccc2c(c1)OCO2. The highest BCUT2D eigenvalue weighted by molar-refractivity contribution is 5.91. The maximum absolute atomic E-state index is 12.2. The van der Waals surface area contributed by atoms with Crippen molar-refractivity contribution < 1.29 is 23.8 Å². The molecule has 2 aliphatic rings. The number of ether oxygens (including phenoxy) is 3. The van der Waals surface area contributed by atoms with Gasteiger partial charge in [0.05, 0.1) is 6.61 Å². The number of carbonyl (C=O) groups excluding carboxylic acids is 2. The monoisotopic (exact) mass is 466 g/mol. The molecule has 0 bridgehead atoms. The number of benzene rings is 2. The van der Waals surface area contributed by atoms with E-state index in [4.69, 9.17) is 14.2 Å². The van der Waals surface area contributed by atoms with Crippen LogP contribution in [-0.4, -0.2) is 25.2 Å². The Balaban J connectivity index is 1.08. The zero-order chi connectivity index (χ0) is 23.6. The lowest BCUT2D eigenvalue weighted by Crippen LogP contribution is -2.23. The Bertz CT molecular complexity index is 954. The zero-order valence-corrected chi connectivity index (χ0v) is 19.6. The molecule has 1 aliphatic carbocycles. The molecule has 0 unspecified atom stereocenters. The van der Waals surface area contributed by atoms with Crippen LogP contribution in [0.2, 0.25) is 0 Å². The van der Waals surface area contributed by atoms with Gasteiger partial charge in [0.15, 0.2) is 11.5 Å². The third kappa shape index (κ3) is 7.40. The molecule has 4 rings (SSSR count). The Morgan fingerprint density at radius 1 is 0.912 bits per heavy atom. The van der Waals surface area contributed by atoms with Gasteiger partial charge in [-0.2, -0.15) is 0 Å². The highest BCUT2D eigenvalue weighted by atomic mass is 16.7. The second kappa shape index (κ2) is 12.3. The fraction of sp³-hybridized carbons (Fsp3) is 0.481. The molecular weight excluding hydrogens is 432 g/mol. The van der Waals surface area contributed by atoms with Crippen molar-refractivity contribution in [3.05, 3.63) is 48.0 Å². The van der Waals surface area contributed by atoms with E-state index in [1.165, 1.54) is 32.1 Å². The summed E-state index contributed by atoms with van der Waals surface area (Å²) >= 11 is 0. The fourth-order valence-corrected chi connectivity index (χ4v) is 4.43. The molecule has 34 heavy (non-hydrogen) atoms. The van der Waals surface area contributed by atoms with Crippen molar-refractivity contribution in [2.24, 2.45) is 5.92 Å². The molecule has 1 aliphatic heterocycles. The van der Waals surface area contributed by atoms with Crippen LogP contribution >= 0.6 is 0 Å². The Morgan fingerprint density at radius 3 is 2.50 bits per heavy atom. The fourth-order valence-electron chi connectivity index (χ4n) is 4.43. The van der Waals surface area contributed by atoms with Crippen LogP contribution in [0.15, 0.2) is 42.5 Å². The molecule has 0 aromatic heterocycles. The Kier molecular flexibility index (Phi) is 8.65. The molecule has 0 radical (unpaired) electrons. The predicted molar refractivity (Wildman–Crippen MR) is 130 cm³/mol. The molecule has 1 heterocycles. The summed E-state index contributed by atoms with van der Waals surface area (Å²) in [5, 5.41) is 5.76. The molecule has 2 amide bonds. The summed E-state index contributed by atoms with van der Waals surface area (Å²) in [6.07, 6.45) is 8.92. The maximum atomic E-state index is 12.2. The topological polar surface area (TPSA) is 85.9 Å². The molecule has 2 aromatic rings. The number of amides is 2. The van der Waals surface area contributed by atoms with E-state index in [0.717, 1.165) is 41.7 Å². The lowest BCUT2D eigenvalue weighted by atomic mass is 9.87. The van der Waals surface area contributed by atoms with E-state index in [1.54, 1.807) is 0 Å². The van der Waals surface area contributed by atoms with E-state index < -0.39 is 0 Å². The van der Waals surface area contributed by atoms with E-state index in [2.05, 4.69) is 10.6 Å². The van der Waals surface area contributed by atoms with Crippen LogP contribution in [0.5, 0.6) is 17.2 Å². The van der Waals surface area contributed by atoms with Gasteiger partial charge in [-0.25, -0.2) is 0 Å². The normalized spacial score (nSPS) is 15.1. The summed E-state index contributed by atoms with van der Waals surface area (Å²) in [5.41, 5.74) is 1.67. The van der Waals surface area contributed by atoms with Crippen LogP contribution in [0.1, 0.15) is 63.4 Å². The first-order valence-electron chi connectivity index (χ1n) is 12.3. The van der Waals surface area contributed by atoms with E-state index >= 15 is 0 Å². The second-order valence-electron chi connectivity index (χ2n) is 9.03. The van der Waals surface area contributed by atoms with E-state index in [9.17, 15) is 9.59 Å². The van der Waals surface area contributed by atoms with Crippen molar-refractivity contribution >= 4 is 17.5 Å². The average Bonchev–Trinajstić information content (AvgIpc) is 3.32. The smallest absolute Gasteiger partial charge is 0.231 e. The number of fused-ring (bicyclic) bond motifs is 1. The molecule has 1 fully saturated rings. The van der Waals surface area contributed by atoms with Gasteiger partial charge in [0.1, 0.15) is 5.75 Å². The number of anilines is 1. The first-order chi connectivity index (χ1) is 16.7. The van der Waals surface area contributed by atoms with E-state index in [-0.39, 0.29) is 25.0 Å². The van der Waals surface area contributed by atoms with Crippen molar-refractivity contribution in [2.45, 2.75) is 64.3 Å². The minimum atomic E-state index is -0.102. The van der Waals surface area contributed by atoms with Crippen LogP contribution in [0.3, 0.4) is 0 Å². The number of carbonyl (C=O) groups is 2. The molecular formula is C27H34N2O5. The molecule has 0 spiro atoms. The summed E-state index contributed by atoms with van der Waals surface area (Å²) in [7, 11) is 0. The Morgan fingerprint density at radius 2 is 1.68 bits per heavy atom. The molecule has 7 nitrogen and oxygen atoms in total. The Labute approximate surface area is 201 Å². The molecule has 0 atom stereocenters. The van der Waals surface area contributed by atoms with Crippen molar-refractivity contribution in [1.82, 2.24) is 5.32 Å². The summed E-state index contributed by atoms with van der Waals surface area (Å²) < 4.78 is 16.5. The first kappa shape index (κ1) is 23.9. The lowest BCUT2D eigenvalue weighted by molar-refractivity contribution is -0.121. The second-order valence-corrected chi connectivity index (χ2v) is 9.03. The zero-order valence-electron chi connectivity index (χ0n) is 19.6. The largest absolute Gasteiger partial charge is 0.494 e. The van der Waals surface area contributed by atoms with Gasteiger partial charge in [-0.3, -0.25) is 9.59 Å². The quantitative estimate of drug-likeness (QED) is 0.476. The molecule has 0 saturated heterocycles. The number of hydrogen-bond acceptors (Lipinski definition) is 5. The minimum absolute atomic E-state index is 0.0832. The van der Waals surface area contributed by atoms with Gasteiger partial charge >= 0.3 is 0 Å². The molecule has 182 valence electrons. The van der Waals surface area contributed by atoms with E-state index in [0.29, 0.717) is 25.1 Å². The Hall–Kier alpha value is -3.22. The summed E-state index contributed by atoms with van der Waals surface area (Å²) in [5.74, 6) is 2.86. The van der Waals surface area contributed by atoms with Crippen LogP contribution in [0, 0.1) is 5.92 Å². The summed E-state index contributed by atoms with van der Waals surface area (Å²) in [6.45, 7) is 1.38. The highest BCUT2D eigenvalue weighted by Gasteiger charge is 2.14. The predicted octanol–water partition coefficient (Wildman–Crippen LogP) is 5.19. The van der Waals surface area contributed by atoms with Gasteiger partial charge in [-0.15, -0.1) is 0 Å². The number of nitrogens with one attached hydrogen (secondary N) is 2. The first-order valence-corrected chi connectivity index (χ1v) is 12.3. The van der Waals surface area contributed by atoms with Gasteiger partial charge in [-0.1, -0.05) is 38.2 Å². The van der Waals surface area contributed by atoms with Crippen LogP contribution in [0.25, 0.3) is 0 Å². The van der Waals surface area contributed by atoms with Crippen LogP contribution in [0.4, 0.5) is 5.69 Å². The van der Waals surface area contributed by atoms with Crippen LogP contribution in [-0.2, 0) is 16.1 Å². The van der Waals surface area contributed by atoms with Gasteiger partial charge < -0.3 is 24.8 Å². The molecule has 1 saturated carbocycles. The molecule has 2 N–H and O–H groups in total. The van der Waals surface area contributed by atoms with Crippen molar-refractivity contribution in [2.75, 3.05) is 18.7 Å². The summed E-state index contributed by atoms with van der Waals surface area (Å²) in [6, 6.07) is 13.1. The number of hydrogen-bond donors (Lipinski definition) is 2. The average molecular weight is 467 g/mol. The highest BCUT2D eigenvalue weighted by Crippen LogP contribution is 2.32. The van der Waals surface area contributed by atoms with Gasteiger partial charge in [0.2, 0.25) is 18.6 Å². The maximum Gasteiger partial charge on any atom is 0.231 e. The van der Waals surface area contributed by atoms with E-state index in [1.807, 2.05) is 42.5 Å². The van der Waals surface area contributed by atoms with Gasteiger partial charge in [-0.05, 0) is 60.7 Å². The van der Waals surface area contributed by atoms with Crippen molar-refractivity contribution in [3.8, 4) is 17.2 Å². The third-order valence-corrected chi connectivity index (χ3v) is 6.39.